The summed E-state index contributed by atoms with van der Waals surface area (Å²) in [6, 6.07) is 9.05. The number of carbonyl (C=O) groups is 1. The highest BCUT2D eigenvalue weighted by atomic mass is 28.3. The Morgan fingerprint density at radius 2 is 1.84 bits per heavy atom. The van der Waals surface area contributed by atoms with E-state index in [0.29, 0.717) is 0 Å². The lowest BCUT2D eigenvalue weighted by atomic mass is 10.1. The summed E-state index contributed by atoms with van der Waals surface area (Å²) in [6.07, 6.45) is 0.151. The van der Waals surface area contributed by atoms with E-state index >= 15 is 0 Å². The standard InChI is InChI=1S/C20H31NO3Si/c1-20(2,3)24-19(23)14-17(12-13-25(4,5)6)21-18(15-22)16-10-8-7-9-11-16/h7-11,17-18,21-22H,14-15H2,1-6H3/t17-,18+/m0/s1. The van der Waals surface area contributed by atoms with E-state index in [4.69, 9.17) is 4.74 Å². The van der Waals surface area contributed by atoms with Gasteiger partial charge in [-0.05, 0) is 26.3 Å². The molecule has 0 amide bonds. The first-order valence-electron chi connectivity index (χ1n) is 8.66. The van der Waals surface area contributed by atoms with Gasteiger partial charge in [-0.2, -0.15) is 0 Å². The van der Waals surface area contributed by atoms with Crippen molar-refractivity contribution in [1.29, 1.82) is 0 Å². The molecule has 4 nitrogen and oxygen atoms in total. The summed E-state index contributed by atoms with van der Waals surface area (Å²) < 4.78 is 5.42. The van der Waals surface area contributed by atoms with Crippen LogP contribution < -0.4 is 5.32 Å². The van der Waals surface area contributed by atoms with Gasteiger partial charge in [-0.15, -0.1) is 5.54 Å². The molecule has 0 aliphatic carbocycles. The van der Waals surface area contributed by atoms with E-state index < -0.39 is 13.7 Å². The molecule has 0 saturated carbocycles. The summed E-state index contributed by atoms with van der Waals surface area (Å²) >= 11 is 0. The average Bonchev–Trinajstić information content (AvgIpc) is 2.48. The van der Waals surface area contributed by atoms with E-state index in [0.717, 1.165) is 5.56 Å². The van der Waals surface area contributed by atoms with Gasteiger partial charge in [-0.3, -0.25) is 10.1 Å². The van der Waals surface area contributed by atoms with Gasteiger partial charge in [0.15, 0.2) is 0 Å². The first kappa shape index (κ1) is 21.4. The molecule has 1 aromatic rings. The Bertz CT molecular complexity index is 606. The average molecular weight is 362 g/mol. The highest BCUT2D eigenvalue weighted by Gasteiger charge is 2.22. The number of ether oxygens (including phenoxy) is 1. The van der Waals surface area contributed by atoms with Gasteiger partial charge in [-0.1, -0.05) is 55.9 Å². The molecule has 1 rings (SSSR count). The zero-order chi connectivity index (χ0) is 19.1. The van der Waals surface area contributed by atoms with Gasteiger partial charge in [0.25, 0.3) is 0 Å². The summed E-state index contributed by atoms with van der Waals surface area (Å²) in [7, 11) is -1.57. The largest absolute Gasteiger partial charge is 0.460 e. The highest BCUT2D eigenvalue weighted by Crippen LogP contribution is 2.15. The van der Waals surface area contributed by atoms with Gasteiger partial charge < -0.3 is 9.84 Å². The quantitative estimate of drug-likeness (QED) is 0.464. The number of aliphatic hydroxyl groups is 1. The third-order valence-corrected chi connectivity index (χ3v) is 4.09. The maximum absolute atomic E-state index is 12.2. The van der Waals surface area contributed by atoms with Crippen molar-refractivity contribution in [2.24, 2.45) is 0 Å². The lowest BCUT2D eigenvalue weighted by Crippen LogP contribution is -2.37. The highest BCUT2D eigenvalue weighted by molar-refractivity contribution is 6.83. The van der Waals surface area contributed by atoms with E-state index in [1.807, 2.05) is 51.1 Å². The number of esters is 1. The van der Waals surface area contributed by atoms with Gasteiger partial charge in [0, 0.05) is 0 Å². The Kier molecular flexibility index (Phi) is 7.87. The maximum atomic E-state index is 12.2. The Labute approximate surface area is 153 Å². The molecule has 0 heterocycles. The topological polar surface area (TPSA) is 58.6 Å². The lowest BCUT2D eigenvalue weighted by Gasteiger charge is -2.24. The predicted octanol–water partition coefficient (Wildman–Crippen LogP) is 3.29. The van der Waals surface area contributed by atoms with Crippen LogP contribution in [0.1, 0.15) is 38.8 Å². The van der Waals surface area contributed by atoms with Crippen LogP contribution in [0.2, 0.25) is 19.6 Å². The van der Waals surface area contributed by atoms with E-state index in [2.05, 4.69) is 36.4 Å². The van der Waals surface area contributed by atoms with Gasteiger partial charge in [0.1, 0.15) is 13.7 Å². The number of rotatable bonds is 6. The minimum absolute atomic E-state index is 0.0660. The molecule has 138 valence electrons. The number of hydrogen-bond donors (Lipinski definition) is 2. The molecule has 0 aliphatic rings. The first-order valence-corrected chi connectivity index (χ1v) is 12.2. The van der Waals surface area contributed by atoms with Crippen molar-refractivity contribution in [1.82, 2.24) is 5.32 Å². The van der Waals surface area contributed by atoms with Crippen LogP contribution in [0.4, 0.5) is 0 Å². The van der Waals surface area contributed by atoms with Crippen LogP contribution >= 0.6 is 0 Å². The summed E-state index contributed by atoms with van der Waals surface area (Å²) in [5.74, 6) is 2.91. The van der Waals surface area contributed by atoms with Crippen molar-refractivity contribution >= 4 is 14.0 Å². The van der Waals surface area contributed by atoms with Gasteiger partial charge in [-0.25, -0.2) is 0 Å². The van der Waals surface area contributed by atoms with Crippen LogP contribution in [0.3, 0.4) is 0 Å². The molecular weight excluding hydrogens is 330 g/mol. The Balaban J connectivity index is 2.93. The van der Waals surface area contributed by atoms with E-state index in [1.165, 1.54) is 0 Å². The van der Waals surface area contributed by atoms with Crippen LogP contribution in [0.15, 0.2) is 30.3 Å². The Morgan fingerprint density at radius 1 is 1.24 bits per heavy atom. The second-order valence-corrected chi connectivity index (χ2v) is 12.9. The minimum atomic E-state index is -1.57. The van der Waals surface area contributed by atoms with Gasteiger partial charge in [0.05, 0.1) is 25.1 Å². The first-order chi connectivity index (χ1) is 11.5. The smallest absolute Gasteiger partial charge is 0.308 e. The monoisotopic (exact) mass is 361 g/mol. The summed E-state index contributed by atoms with van der Waals surface area (Å²) in [5, 5.41) is 13.1. The number of nitrogens with one attached hydrogen (secondary N) is 1. The maximum Gasteiger partial charge on any atom is 0.308 e. The molecule has 0 saturated heterocycles. The molecule has 0 fully saturated rings. The molecule has 0 radical (unpaired) electrons. The fourth-order valence-corrected chi connectivity index (χ4v) is 2.79. The Hall–Kier alpha value is -1.61. The number of hydrogen-bond acceptors (Lipinski definition) is 4. The number of carbonyl (C=O) groups excluding carboxylic acids is 1. The predicted molar refractivity (Wildman–Crippen MR) is 105 cm³/mol. The molecule has 0 aliphatic heterocycles. The Morgan fingerprint density at radius 3 is 2.32 bits per heavy atom. The van der Waals surface area contributed by atoms with Crippen LogP contribution in [0.25, 0.3) is 0 Å². The van der Waals surface area contributed by atoms with Crippen molar-refractivity contribution in [3.63, 3.8) is 0 Å². The second-order valence-electron chi connectivity index (χ2n) is 8.18. The van der Waals surface area contributed by atoms with E-state index in [-0.39, 0.29) is 31.1 Å². The summed E-state index contributed by atoms with van der Waals surface area (Å²) in [6.45, 7) is 12.0. The molecule has 0 aromatic heterocycles. The molecule has 0 unspecified atom stereocenters. The van der Waals surface area contributed by atoms with Crippen LogP contribution in [-0.2, 0) is 9.53 Å². The number of benzene rings is 1. The normalized spacial score (nSPS) is 14.2. The second kappa shape index (κ2) is 9.19. The van der Waals surface area contributed by atoms with E-state index in [1.54, 1.807) is 0 Å². The van der Waals surface area contributed by atoms with Crippen LogP contribution in [0.5, 0.6) is 0 Å². The van der Waals surface area contributed by atoms with Gasteiger partial charge in [0.2, 0.25) is 0 Å². The van der Waals surface area contributed by atoms with Crippen molar-refractivity contribution in [2.45, 2.75) is 64.5 Å². The zero-order valence-electron chi connectivity index (χ0n) is 16.2. The molecule has 0 bridgehead atoms. The van der Waals surface area contributed by atoms with Crippen molar-refractivity contribution in [3.05, 3.63) is 35.9 Å². The zero-order valence-corrected chi connectivity index (χ0v) is 17.2. The third kappa shape index (κ3) is 9.44. The fourth-order valence-electron chi connectivity index (χ4n) is 2.19. The van der Waals surface area contributed by atoms with Crippen LogP contribution in [0, 0.1) is 11.5 Å². The summed E-state index contributed by atoms with van der Waals surface area (Å²) in [4.78, 5) is 12.2. The molecular formula is C20H31NO3Si. The van der Waals surface area contributed by atoms with Gasteiger partial charge >= 0.3 is 5.97 Å². The minimum Gasteiger partial charge on any atom is -0.460 e. The third-order valence-electron chi connectivity index (χ3n) is 3.20. The molecule has 2 atom stereocenters. The summed E-state index contributed by atoms with van der Waals surface area (Å²) in [5.41, 5.74) is 3.75. The molecule has 0 spiro atoms. The van der Waals surface area contributed by atoms with Crippen molar-refractivity contribution in [3.8, 4) is 11.5 Å². The molecule has 1 aromatic carbocycles. The molecule has 2 N–H and O–H groups in total. The van der Waals surface area contributed by atoms with Crippen molar-refractivity contribution < 1.29 is 14.6 Å². The van der Waals surface area contributed by atoms with Crippen molar-refractivity contribution in [2.75, 3.05) is 6.61 Å². The number of aliphatic hydroxyl groups excluding tert-OH is 1. The molecule has 25 heavy (non-hydrogen) atoms. The molecule has 5 heteroatoms. The SMILES string of the molecule is CC(C)(C)OC(=O)C[C@H](C#C[Si](C)(C)C)N[C@H](CO)c1ccccc1. The lowest BCUT2D eigenvalue weighted by molar-refractivity contribution is -0.155. The fraction of sp³-hybridized carbons (Fsp3) is 0.550. The van der Waals surface area contributed by atoms with Crippen LogP contribution in [-0.4, -0.2) is 37.4 Å². The van der Waals surface area contributed by atoms with E-state index in [9.17, 15) is 9.90 Å².